The molecular formula is C16H18O5. The predicted octanol–water partition coefficient (Wildman–Crippen LogP) is 3.22. The third-order valence-electron chi connectivity index (χ3n) is 3.69. The molecule has 5 nitrogen and oxygen atoms in total. The van der Waals surface area contributed by atoms with Crippen LogP contribution in [-0.4, -0.2) is 30.4 Å². The van der Waals surface area contributed by atoms with E-state index >= 15 is 0 Å². The highest BCUT2D eigenvalue weighted by atomic mass is 16.5. The molecule has 0 aliphatic carbocycles. The molecule has 1 aromatic carbocycles. The molecule has 1 saturated heterocycles. The number of furan rings is 1. The first-order valence-corrected chi connectivity index (χ1v) is 7.19. The maximum atomic E-state index is 11.4. The van der Waals surface area contributed by atoms with Gasteiger partial charge in [-0.25, -0.2) is 4.79 Å². The molecule has 21 heavy (non-hydrogen) atoms. The van der Waals surface area contributed by atoms with E-state index in [0.29, 0.717) is 23.3 Å². The molecule has 2 heterocycles. The van der Waals surface area contributed by atoms with Crippen molar-refractivity contribution in [3.63, 3.8) is 0 Å². The zero-order valence-electron chi connectivity index (χ0n) is 11.7. The first kappa shape index (κ1) is 14.1. The van der Waals surface area contributed by atoms with Crippen LogP contribution in [0.4, 0.5) is 0 Å². The average Bonchev–Trinajstić information content (AvgIpc) is 2.86. The summed E-state index contributed by atoms with van der Waals surface area (Å²) in [5.74, 6) is -0.632. The van der Waals surface area contributed by atoms with Crippen LogP contribution in [0.5, 0.6) is 0 Å². The number of hydrogen-bond donors (Lipinski definition) is 1. The Morgan fingerprint density at radius 3 is 2.95 bits per heavy atom. The summed E-state index contributed by atoms with van der Waals surface area (Å²) in [4.78, 5) is 11.4. The Bertz CT molecular complexity index is 625. The summed E-state index contributed by atoms with van der Waals surface area (Å²) >= 11 is 0. The Labute approximate surface area is 122 Å². The highest BCUT2D eigenvalue weighted by Crippen LogP contribution is 2.26. The van der Waals surface area contributed by atoms with Crippen molar-refractivity contribution >= 4 is 16.9 Å². The molecule has 1 fully saturated rings. The lowest BCUT2D eigenvalue weighted by Gasteiger charge is -2.22. The molecule has 112 valence electrons. The fourth-order valence-electron chi connectivity index (χ4n) is 2.65. The van der Waals surface area contributed by atoms with Gasteiger partial charge in [0.1, 0.15) is 23.5 Å². The van der Waals surface area contributed by atoms with Crippen LogP contribution in [-0.2, 0) is 16.1 Å². The lowest BCUT2D eigenvalue weighted by atomic mass is 10.1. The summed E-state index contributed by atoms with van der Waals surface area (Å²) in [5.41, 5.74) is 0.762. The van der Waals surface area contributed by atoms with E-state index in [1.165, 1.54) is 0 Å². The average molecular weight is 290 g/mol. The van der Waals surface area contributed by atoms with Crippen LogP contribution in [0.25, 0.3) is 11.0 Å². The Kier molecular flexibility index (Phi) is 4.22. The number of carboxylic acids is 1. The molecule has 0 spiro atoms. The highest BCUT2D eigenvalue weighted by molar-refractivity contribution is 6.03. The van der Waals surface area contributed by atoms with E-state index in [1.807, 2.05) is 6.07 Å². The molecule has 0 radical (unpaired) electrons. The summed E-state index contributed by atoms with van der Waals surface area (Å²) in [7, 11) is 0. The number of fused-ring (bicyclic) bond motifs is 1. The second-order valence-corrected chi connectivity index (χ2v) is 5.21. The summed E-state index contributed by atoms with van der Waals surface area (Å²) < 4.78 is 16.8. The van der Waals surface area contributed by atoms with Crippen molar-refractivity contribution in [2.24, 2.45) is 0 Å². The van der Waals surface area contributed by atoms with Crippen LogP contribution < -0.4 is 0 Å². The Hall–Kier alpha value is -1.85. The van der Waals surface area contributed by atoms with Crippen molar-refractivity contribution in [1.82, 2.24) is 0 Å². The number of benzene rings is 1. The Morgan fingerprint density at radius 1 is 1.33 bits per heavy atom. The molecule has 0 saturated carbocycles. The largest absolute Gasteiger partial charge is 0.478 e. The van der Waals surface area contributed by atoms with E-state index in [0.717, 1.165) is 25.9 Å². The van der Waals surface area contributed by atoms with Crippen LogP contribution in [0.3, 0.4) is 0 Å². The van der Waals surface area contributed by atoms with E-state index in [2.05, 4.69) is 0 Å². The Balaban J connectivity index is 1.71. The van der Waals surface area contributed by atoms with Crippen LogP contribution in [0.2, 0.25) is 0 Å². The maximum absolute atomic E-state index is 11.4. The van der Waals surface area contributed by atoms with Gasteiger partial charge in [0.05, 0.1) is 12.7 Å². The number of ether oxygens (including phenoxy) is 2. The summed E-state index contributed by atoms with van der Waals surface area (Å²) in [6.07, 6.45) is 3.35. The molecular weight excluding hydrogens is 272 g/mol. The highest BCUT2D eigenvalue weighted by Gasteiger charge is 2.21. The zero-order valence-corrected chi connectivity index (χ0v) is 11.7. The van der Waals surface area contributed by atoms with Gasteiger partial charge in [-0.05, 0) is 25.3 Å². The first-order chi connectivity index (χ1) is 10.3. The number of carboxylic acid groups (broad SMARTS) is 1. The van der Waals surface area contributed by atoms with Crippen molar-refractivity contribution in [3.8, 4) is 0 Å². The lowest BCUT2D eigenvalue weighted by molar-refractivity contribution is -0.0471. The summed E-state index contributed by atoms with van der Waals surface area (Å²) in [6.45, 7) is 1.39. The van der Waals surface area contributed by atoms with Gasteiger partial charge < -0.3 is 19.0 Å². The molecule has 1 aliphatic heterocycles. The standard InChI is InChI=1S/C16H18O5/c17-16(18)15-12-6-1-2-7-13(12)21-14(15)10-19-9-11-5-3-4-8-20-11/h1-2,6-7,11H,3-5,8-10H2,(H,17,18). The molecule has 1 N–H and O–H groups in total. The van der Waals surface area contributed by atoms with Gasteiger partial charge in [-0.2, -0.15) is 0 Å². The summed E-state index contributed by atoms with van der Waals surface area (Å²) in [6, 6.07) is 7.12. The maximum Gasteiger partial charge on any atom is 0.340 e. The van der Waals surface area contributed by atoms with Crippen LogP contribution in [0.15, 0.2) is 28.7 Å². The number of rotatable bonds is 5. The molecule has 0 bridgehead atoms. The van der Waals surface area contributed by atoms with Crippen LogP contribution in [0, 0.1) is 0 Å². The van der Waals surface area contributed by atoms with Crippen molar-refractivity contribution in [2.75, 3.05) is 13.2 Å². The third kappa shape index (κ3) is 3.09. The molecule has 1 aliphatic rings. The van der Waals surface area contributed by atoms with Gasteiger partial charge in [0.2, 0.25) is 0 Å². The Morgan fingerprint density at radius 2 is 2.19 bits per heavy atom. The number of aromatic carboxylic acids is 1. The van der Waals surface area contributed by atoms with Gasteiger partial charge in [0.25, 0.3) is 0 Å². The monoisotopic (exact) mass is 290 g/mol. The molecule has 1 atom stereocenters. The zero-order chi connectivity index (χ0) is 14.7. The quantitative estimate of drug-likeness (QED) is 0.915. The molecule has 1 unspecified atom stereocenters. The number of para-hydroxylation sites is 1. The van der Waals surface area contributed by atoms with Crippen molar-refractivity contribution < 1.29 is 23.8 Å². The molecule has 2 aromatic rings. The topological polar surface area (TPSA) is 68.9 Å². The third-order valence-corrected chi connectivity index (χ3v) is 3.69. The normalized spacial score (nSPS) is 19.0. The van der Waals surface area contributed by atoms with Crippen molar-refractivity contribution in [3.05, 3.63) is 35.6 Å². The van der Waals surface area contributed by atoms with E-state index in [-0.39, 0.29) is 18.3 Å². The fraction of sp³-hybridized carbons (Fsp3) is 0.438. The van der Waals surface area contributed by atoms with E-state index in [4.69, 9.17) is 13.9 Å². The second kappa shape index (κ2) is 6.28. The molecule has 3 rings (SSSR count). The van der Waals surface area contributed by atoms with Gasteiger partial charge in [-0.3, -0.25) is 0 Å². The molecule has 5 heteroatoms. The second-order valence-electron chi connectivity index (χ2n) is 5.21. The molecule has 0 amide bonds. The smallest absolute Gasteiger partial charge is 0.340 e. The van der Waals surface area contributed by atoms with Crippen molar-refractivity contribution in [2.45, 2.75) is 32.0 Å². The van der Waals surface area contributed by atoms with Gasteiger partial charge in [0, 0.05) is 12.0 Å². The fourth-order valence-corrected chi connectivity index (χ4v) is 2.65. The lowest BCUT2D eigenvalue weighted by Crippen LogP contribution is -2.24. The van der Waals surface area contributed by atoms with Crippen LogP contribution in [0.1, 0.15) is 35.4 Å². The van der Waals surface area contributed by atoms with E-state index < -0.39 is 5.97 Å². The van der Waals surface area contributed by atoms with Crippen LogP contribution >= 0.6 is 0 Å². The minimum absolute atomic E-state index is 0.108. The summed E-state index contributed by atoms with van der Waals surface area (Å²) in [5, 5.41) is 9.97. The molecule has 1 aromatic heterocycles. The number of carbonyl (C=O) groups is 1. The van der Waals surface area contributed by atoms with Gasteiger partial charge in [-0.15, -0.1) is 0 Å². The minimum atomic E-state index is -0.993. The van der Waals surface area contributed by atoms with Gasteiger partial charge in [-0.1, -0.05) is 18.2 Å². The van der Waals surface area contributed by atoms with E-state index in [1.54, 1.807) is 18.2 Å². The predicted molar refractivity (Wildman–Crippen MR) is 76.4 cm³/mol. The number of hydrogen-bond acceptors (Lipinski definition) is 4. The minimum Gasteiger partial charge on any atom is -0.478 e. The SMILES string of the molecule is O=C(O)c1c(COCC2CCCCO2)oc2ccccc12. The first-order valence-electron chi connectivity index (χ1n) is 7.19. The van der Waals surface area contributed by atoms with Gasteiger partial charge >= 0.3 is 5.97 Å². The van der Waals surface area contributed by atoms with E-state index in [9.17, 15) is 9.90 Å². The van der Waals surface area contributed by atoms with Gasteiger partial charge in [0.15, 0.2) is 0 Å². The van der Waals surface area contributed by atoms with Crippen molar-refractivity contribution in [1.29, 1.82) is 0 Å².